The molecule has 1 aliphatic carbocycles. The lowest BCUT2D eigenvalue weighted by Gasteiger charge is -2.26. The lowest BCUT2D eigenvalue weighted by Crippen LogP contribution is -2.30. The van der Waals surface area contributed by atoms with E-state index in [4.69, 9.17) is 0 Å². The summed E-state index contributed by atoms with van der Waals surface area (Å²) >= 11 is 1.67. The molecule has 0 aromatic heterocycles. The molecule has 0 atom stereocenters. The summed E-state index contributed by atoms with van der Waals surface area (Å²) in [5.41, 5.74) is -1.50. The molecule has 1 aliphatic rings. The van der Waals surface area contributed by atoms with Gasteiger partial charge in [0.1, 0.15) is 5.83 Å². The van der Waals surface area contributed by atoms with Crippen LogP contribution in [0.2, 0.25) is 0 Å². The topological polar surface area (TPSA) is 49.4 Å². The molecule has 0 radical (unpaired) electrons. The fourth-order valence-corrected chi connectivity index (χ4v) is 2.61. The predicted octanol–water partition coefficient (Wildman–Crippen LogP) is 3.36. The molecule has 0 fully saturated rings. The number of rotatable bonds is 5. The van der Waals surface area contributed by atoms with Crippen LogP contribution in [0.1, 0.15) is 19.8 Å². The molecular formula is C14H15F4IN2O2. The largest absolute Gasteiger partial charge is 0.416 e. The predicted molar refractivity (Wildman–Crippen MR) is 85.1 cm³/mol. The lowest BCUT2D eigenvalue weighted by molar-refractivity contribution is -0.117. The van der Waals surface area contributed by atoms with Crippen LogP contribution in [0.4, 0.5) is 17.6 Å². The number of hydrogen-bond acceptors (Lipinski definition) is 2. The molecule has 23 heavy (non-hydrogen) atoms. The Morgan fingerprint density at radius 3 is 2.57 bits per heavy atom. The van der Waals surface area contributed by atoms with Gasteiger partial charge in [-0.1, -0.05) is 6.08 Å². The van der Waals surface area contributed by atoms with Crippen molar-refractivity contribution < 1.29 is 27.2 Å². The van der Waals surface area contributed by atoms with E-state index in [-0.39, 0.29) is 28.5 Å². The molecular weight excluding hydrogens is 431 g/mol. The molecule has 0 saturated carbocycles. The third kappa shape index (κ3) is 4.79. The highest BCUT2D eigenvalue weighted by Crippen LogP contribution is 2.38. The van der Waals surface area contributed by atoms with Crippen LogP contribution in [0.5, 0.6) is 0 Å². The van der Waals surface area contributed by atoms with Gasteiger partial charge in [-0.15, -0.1) is 0 Å². The zero-order chi connectivity index (χ0) is 17.8. The highest BCUT2D eigenvalue weighted by atomic mass is 127. The summed E-state index contributed by atoms with van der Waals surface area (Å²) in [6, 6.07) is 0. The fourth-order valence-electron chi connectivity index (χ4n) is 2.03. The van der Waals surface area contributed by atoms with Crippen LogP contribution in [0.25, 0.3) is 0 Å². The average Bonchev–Trinajstić information content (AvgIpc) is 2.50. The van der Waals surface area contributed by atoms with E-state index in [1.165, 1.54) is 14.0 Å². The Bertz CT molecular complexity index is 594. The lowest BCUT2D eigenvalue weighted by atomic mass is 9.95. The number of amides is 2. The van der Waals surface area contributed by atoms with Crippen molar-refractivity contribution in [3.8, 4) is 0 Å². The van der Waals surface area contributed by atoms with Gasteiger partial charge in [-0.25, -0.2) is 4.39 Å². The molecule has 4 nitrogen and oxygen atoms in total. The minimum absolute atomic E-state index is 0.0458. The van der Waals surface area contributed by atoms with Crippen LogP contribution in [0.3, 0.4) is 0 Å². The van der Waals surface area contributed by atoms with Gasteiger partial charge in [-0.05, 0) is 35.9 Å². The van der Waals surface area contributed by atoms with Crippen molar-refractivity contribution in [2.24, 2.45) is 0 Å². The van der Waals surface area contributed by atoms with Crippen LogP contribution in [0, 0.1) is 0 Å². The van der Waals surface area contributed by atoms with E-state index in [0.29, 0.717) is 0 Å². The van der Waals surface area contributed by atoms with Crippen molar-refractivity contribution >= 4 is 34.9 Å². The van der Waals surface area contributed by atoms with Crippen molar-refractivity contribution in [1.29, 1.82) is 0 Å². The summed E-state index contributed by atoms with van der Waals surface area (Å²) in [6.45, 7) is 0.819. The van der Waals surface area contributed by atoms with Crippen molar-refractivity contribution in [2.45, 2.75) is 25.9 Å². The molecule has 1 N–H and O–H groups in total. The summed E-state index contributed by atoms with van der Waals surface area (Å²) < 4.78 is 53.1. The molecule has 0 heterocycles. The molecule has 2 amide bonds. The van der Waals surface area contributed by atoms with Gasteiger partial charge in [0.05, 0.1) is 15.7 Å². The molecule has 0 spiro atoms. The SMILES string of the molecule is CNC(=O)/C(I)=C(/C)N(C=O)CC1=C(F)CCC=C1C(F)(F)F. The van der Waals surface area contributed by atoms with E-state index in [1.54, 1.807) is 22.6 Å². The first-order valence-electron chi connectivity index (χ1n) is 6.59. The third-order valence-electron chi connectivity index (χ3n) is 3.30. The second-order valence-corrected chi connectivity index (χ2v) is 5.83. The monoisotopic (exact) mass is 446 g/mol. The molecule has 0 unspecified atom stereocenters. The number of nitrogens with one attached hydrogen (secondary N) is 1. The van der Waals surface area contributed by atoms with Gasteiger partial charge in [0.2, 0.25) is 6.41 Å². The van der Waals surface area contributed by atoms with Crippen molar-refractivity contribution in [3.63, 3.8) is 0 Å². The van der Waals surface area contributed by atoms with Crippen LogP contribution in [-0.4, -0.2) is 37.0 Å². The van der Waals surface area contributed by atoms with Crippen LogP contribution in [-0.2, 0) is 9.59 Å². The Balaban J connectivity index is 3.18. The number of nitrogens with zero attached hydrogens (tertiary/aromatic N) is 1. The first-order chi connectivity index (χ1) is 10.6. The van der Waals surface area contributed by atoms with Gasteiger partial charge in [-0.3, -0.25) is 9.59 Å². The minimum Gasteiger partial charge on any atom is -0.355 e. The third-order valence-corrected chi connectivity index (χ3v) is 4.57. The fraction of sp³-hybridized carbons (Fsp3) is 0.429. The number of carbonyl (C=O) groups is 2. The Hall–Kier alpha value is -1.39. The highest BCUT2D eigenvalue weighted by Gasteiger charge is 2.39. The zero-order valence-electron chi connectivity index (χ0n) is 12.4. The molecule has 1 rings (SSSR count). The average molecular weight is 446 g/mol. The second kappa shape index (κ2) is 7.93. The molecule has 0 bridgehead atoms. The first kappa shape index (κ1) is 19.7. The molecule has 0 saturated heterocycles. The second-order valence-electron chi connectivity index (χ2n) is 4.75. The summed E-state index contributed by atoms with van der Waals surface area (Å²) in [5.74, 6) is -1.38. The summed E-state index contributed by atoms with van der Waals surface area (Å²) in [4.78, 5) is 23.7. The van der Waals surface area contributed by atoms with Gasteiger partial charge in [0, 0.05) is 24.7 Å². The van der Waals surface area contributed by atoms with Gasteiger partial charge < -0.3 is 10.2 Å². The maximum Gasteiger partial charge on any atom is 0.416 e. The van der Waals surface area contributed by atoms with E-state index < -0.39 is 35.6 Å². The Morgan fingerprint density at radius 2 is 2.09 bits per heavy atom. The minimum atomic E-state index is -4.70. The van der Waals surface area contributed by atoms with Crippen molar-refractivity contribution in [2.75, 3.05) is 13.6 Å². The normalized spacial score (nSPS) is 16.6. The van der Waals surface area contributed by atoms with E-state index in [9.17, 15) is 27.2 Å². The molecule has 9 heteroatoms. The number of allylic oxidation sites excluding steroid dienone is 3. The van der Waals surface area contributed by atoms with E-state index in [2.05, 4.69) is 5.32 Å². The first-order valence-corrected chi connectivity index (χ1v) is 7.67. The quantitative estimate of drug-likeness (QED) is 0.305. The van der Waals surface area contributed by atoms with Crippen LogP contribution in [0.15, 0.2) is 32.3 Å². The Morgan fingerprint density at radius 1 is 1.48 bits per heavy atom. The maximum atomic E-state index is 13.9. The van der Waals surface area contributed by atoms with Crippen molar-refractivity contribution in [3.05, 3.63) is 32.3 Å². The molecule has 128 valence electrons. The van der Waals surface area contributed by atoms with Crippen LogP contribution < -0.4 is 5.32 Å². The van der Waals surface area contributed by atoms with Gasteiger partial charge in [0.25, 0.3) is 5.91 Å². The molecule has 0 aromatic rings. The van der Waals surface area contributed by atoms with E-state index in [1.807, 2.05) is 0 Å². The standard InChI is InChI=1S/C14H15F4IN2O2/c1-8(12(19)13(23)20-2)21(7-22)6-9-10(14(16,17)18)4-3-5-11(9)15/h4,7H,3,5-6H2,1-2H3,(H,20,23)/b12-8+. The summed E-state index contributed by atoms with van der Waals surface area (Å²) in [7, 11) is 1.38. The van der Waals surface area contributed by atoms with Crippen molar-refractivity contribution in [1.82, 2.24) is 10.2 Å². The van der Waals surface area contributed by atoms with Gasteiger partial charge in [-0.2, -0.15) is 13.2 Å². The maximum absolute atomic E-state index is 13.9. The van der Waals surface area contributed by atoms with Gasteiger partial charge >= 0.3 is 6.18 Å². The summed E-state index contributed by atoms with van der Waals surface area (Å²) in [6.07, 6.45) is -3.69. The number of alkyl halides is 3. The van der Waals surface area contributed by atoms with E-state index >= 15 is 0 Å². The Kier molecular flexibility index (Phi) is 6.78. The number of likely N-dealkylation sites (N-methyl/N-ethyl adjacent to an activating group) is 1. The Labute approximate surface area is 144 Å². The highest BCUT2D eigenvalue weighted by molar-refractivity contribution is 14.1. The van der Waals surface area contributed by atoms with Crippen LogP contribution >= 0.6 is 22.6 Å². The molecule has 0 aromatic carbocycles. The molecule has 0 aliphatic heterocycles. The number of carbonyl (C=O) groups excluding carboxylic acids is 2. The summed E-state index contributed by atoms with van der Waals surface area (Å²) in [5, 5.41) is 2.35. The van der Waals surface area contributed by atoms with E-state index in [0.717, 1.165) is 11.0 Å². The zero-order valence-corrected chi connectivity index (χ0v) is 14.6. The number of hydrogen-bond donors (Lipinski definition) is 1. The smallest absolute Gasteiger partial charge is 0.355 e. The van der Waals surface area contributed by atoms with Gasteiger partial charge in [0.15, 0.2) is 0 Å². The number of halogens is 5.